The second kappa shape index (κ2) is 6.52. The van der Waals surface area contributed by atoms with E-state index in [1.165, 1.54) is 0 Å². The minimum absolute atomic E-state index is 0.0650. The van der Waals surface area contributed by atoms with Crippen molar-refractivity contribution in [3.63, 3.8) is 0 Å². The Kier molecular flexibility index (Phi) is 5.30. The van der Waals surface area contributed by atoms with Gasteiger partial charge in [-0.25, -0.2) is 4.98 Å². The number of hydrogen-bond donors (Lipinski definition) is 2. The molecule has 0 radical (unpaired) electrons. The predicted octanol–water partition coefficient (Wildman–Crippen LogP) is 1.80. The molecular weight excluding hydrogens is 242 g/mol. The van der Waals surface area contributed by atoms with Gasteiger partial charge in [-0.15, -0.1) is 0 Å². The van der Waals surface area contributed by atoms with Gasteiger partial charge in [-0.05, 0) is 25.0 Å². The van der Waals surface area contributed by atoms with Gasteiger partial charge < -0.3 is 15.3 Å². The summed E-state index contributed by atoms with van der Waals surface area (Å²) >= 11 is 0. The number of aromatic nitrogens is 1. The summed E-state index contributed by atoms with van der Waals surface area (Å²) in [6.07, 6.45) is -0.528. The van der Waals surface area contributed by atoms with Crippen LogP contribution in [0.4, 0.5) is 11.5 Å². The molecule has 1 aromatic heterocycles. The van der Waals surface area contributed by atoms with E-state index < -0.39 is 6.10 Å². The number of carbonyl (C=O) groups is 1. The quantitative estimate of drug-likeness (QED) is 0.852. The minimum Gasteiger partial charge on any atom is -0.392 e. The largest absolute Gasteiger partial charge is 0.392 e. The molecule has 1 unspecified atom stereocenters. The Bertz CT molecular complexity index is 444. The summed E-state index contributed by atoms with van der Waals surface area (Å²) in [6, 6.07) is 3.68. The van der Waals surface area contributed by atoms with Gasteiger partial charge in [0.1, 0.15) is 0 Å². The van der Waals surface area contributed by atoms with Gasteiger partial charge in [-0.1, -0.05) is 13.8 Å². The molecule has 1 aromatic rings. The number of nitrogens with zero attached hydrogens (tertiary/aromatic N) is 2. The second-order valence-corrected chi connectivity index (χ2v) is 5.28. The molecule has 0 bridgehead atoms. The van der Waals surface area contributed by atoms with Gasteiger partial charge in [0.05, 0.1) is 18.2 Å². The molecule has 1 heterocycles. The zero-order valence-corrected chi connectivity index (χ0v) is 12.3. The highest BCUT2D eigenvalue weighted by Crippen LogP contribution is 2.22. The number of nitrogens with one attached hydrogen (secondary N) is 1. The molecule has 0 spiro atoms. The van der Waals surface area contributed by atoms with Gasteiger partial charge in [0.2, 0.25) is 5.91 Å². The molecule has 5 nitrogen and oxygen atoms in total. The average molecular weight is 265 g/mol. The van der Waals surface area contributed by atoms with Gasteiger partial charge in [0.15, 0.2) is 5.82 Å². The lowest BCUT2D eigenvalue weighted by Crippen LogP contribution is -2.25. The summed E-state index contributed by atoms with van der Waals surface area (Å²) in [5.74, 6) is 0.581. The Morgan fingerprint density at radius 3 is 2.58 bits per heavy atom. The zero-order valence-electron chi connectivity index (χ0n) is 12.3. The van der Waals surface area contributed by atoms with Crippen LogP contribution >= 0.6 is 0 Å². The molecule has 106 valence electrons. The third-order valence-corrected chi connectivity index (χ3v) is 2.88. The van der Waals surface area contributed by atoms with Crippen LogP contribution in [0.25, 0.3) is 0 Å². The number of aryl methyl sites for hydroxylation is 1. The Morgan fingerprint density at radius 2 is 2.05 bits per heavy atom. The van der Waals surface area contributed by atoms with E-state index in [4.69, 9.17) is 0 Å². The van der Waals surface area contributed by atoms with Crippen molar-refractivity contribution in [1.82, 2.24) is 4.98 Å². The van der Waals surface area contributed by atoms with Crippen LogP contribution in [0, 0.1) is 12.8 Å². The maximum Gasteiger partial charge on any atom is 0.227 e. The molecule has 0 aliphatic heterocycles. The first-order valence-electron chi connectivity index (χ1n) is 6.44. The smallest absolute Gasteiger partial charge is 0.227 e. The fourth-order valence-electron chi connectivity index (χ4n) is 1.61. The number of rotatable bonds is 5. The molecule has 5 heteroatoms. The van der Waals surface area contributed by atoms with Crippen LogP contribution < -0.4 is 10.2 Å². The molecule has 0 saturated carbocycles. The number of anilines is 2. The number of pyridine rings is 1. The summed E-state index contributed by atoms with van der Waals surface area (Å²) in [6.45, 7) is 5.67. The highest BCUT2D eigenvalue weighted by molar-refractivity contribution is 5.93. The van der Waals surface area contributed by atoms with Crippen molar-refractivity contribution >= 4 is 17.4 Å². The van der Waals surface area contributed by atoms with Crippen molar-refractivity contribution < 1.29 is 9.90 Å². The van der Waals surface area contributed by atoms with E-state index in [0.717, 1.165) is 5.69 Å². The normalized spacial score (nSPS) is 12.4. The Balaban J connectivity index is 2.79. The van der Waals surface area contributed by atoms with Gasteiger partial charge in [-0.2, -0.15) is 0 Å². The lowest BCUT2D eigenvalue weighted by molar-refractivity contribution is -0.118. The second-order valence-electron chi connectivity index (χ2n) is 5.28. The third kappa shape index (κ3) is 4.52. The van der Waals surface area contributed by atoms with Crippen LogP contribution in [0.2, 0.25) is 0 Å². The molecule has 19 heavy (non-hydrogen) atoms. The SMILES string of the molecule is Cc1ccc(NC(=O)CC(O)C(C)C)c(N(C)C)n1. The molecule has 0 aromatic carbocycles. The van der Waals surface area contributed by atoms with E-state index in [0.29, 0.717) is 11.5 Å². The van der Waals surface area contributed by atoms with Crippen LogP contribution in [0.1, 0.15) is 26.0 Å². The summed E-state index contributed by atoms with van der Waals surface area (Å²) in [4.78, 5) is 18.1. The summed E-state index contributed by atoms with van der Waals surface area (Å²) in [5, 5.41) is 12.5. The van der Waals surface area contributed by atoms with Gasteiger partial charge >= 0.3 is 0 Å². The fourth-order valence-corrected chi connectivity index (χ4v) is 1.61. The molecule has 0 fully saturated rings. The summed E-state index contributed by atoms with van der Waals surface area (Å²) in [5.41, 5.74) is 1.56. The fraction of sp³-hybridized carbons (Fsp3) is 0.571. The van der Waals surface area contributed by atoms with Crippen LogP contribution in [0.5, 0.6) is 0 Å². The maximum atomic E-state index is 11.9. The van der Waals surface area contributed by atoms with Crippen LogP contribution in [-0.2, 0) is 4.79 Å². The van der Waals surface area contributed by atoms with Crippen LogP contribution in [0.3, 0.4) is 0 Å². The van der Waals surface area contributed by atoms with Crippen molar-refractivity contribution in [2.45, 2.75) is 33.3 Å². The number of aliphatic hydroxyl groups excluding tert-OH is 1. The van der Waals surface area contributed by atoms with Gasteiger partial charge in [0.25, 0.3) is 0 Å². The van der Waals surface area contributed by atoms with E-state index in [1.807, 2.05) is 51.9 Å². The summed E-state index contributed by atoms with van der Waals surface area (Å²) < 4.78 is 0. The van der Waals surface area contributed by atoms with Gasteiger partial charge in [0, 0.05) is 19.8 Å². The zero-order chi connectivity index (χ0) is 14.6. The van der Waals surface area contributed by atoms with E-state index >= 15 is 0 Å². The van der Waals surface area contributed by atoms with Crippen molar-refractivity contribution in [2.24, 2.45) is 5.92 Å². The van der Waals surface area contributed by atoms with Crippen molar-refractivity contribution in [2.75, 3.05) is 24.3 Å². The molecule has 1 rings (SSSR count). The minimum atomic E-state index is -0.624. The number of hydrogen-bond acceptors (Lipinski definition) is 4. The molecule has 0 aliphatic rings. The van der Waals surface area contributed by atoms with E-state index in [9.17, 15) is 9.90 Å². The predicted molar refractivity (Wildman–Crippen MR) is 77.4 cm³/mol. The van der Waals surface area contributed by atoms with Crippen molar-refractivity contribution in [3.8, 4) is 0 Å². The molecule has 1 amide bonds. The standard InChI is InChI=1S/C14H23N3O2/c1-9(2)12(18)8-13(19)16-11-7-6-10(3)15-14(11)17(4)5/h6-7,9,12,18H,8H2,1-5H3,(H,16,19). The highest BCUT2D eigenvalue weighted by atomic mass is 16.3. The number of aliphatic hydroxyl groups is 1. The molecule has 2 N–H and O–H groups in total. The number of amides is 1. The van der Waals surface area contributed by atoms with Crippen LogP contribution in [-0.4, -0.2) is 36.2 Å². The molecule has 0 saturated heterocycles. The third-order valence-electron chi connectivity index (χ3n) is 2.88. The Labute approximate surface area is 114 Å². The molecule has 0 aliphatic carbocycles. The maximum absolute atomic E-state index is 11.9. The lowest BCUT2D eigenvalue weighted by Gasteiger charge is -2.18. The summed E-state index contributed by atoms with van der Waals surface area (Å²) in [7, 11) is 3.75. The van der Waals surface area contributed by atoms with Gasteiger partial charge in [-0.3, -0.25) is 4.79 Å². The molecular formula is C14H23N3O2. The highest BCUT2D eigenvalue weighted by Gasteiger charge is 2.16. The van der Waals surface area contributed by atoms with Crippen molar-refractivity contribution in [1.29, 1.82) is 0 Å². The first-order chi connectivity index (χ1) is 8.81. The lowest BCUT2D eigenvalue weighted by atomic mass is 10.0. The van der Waals surface area contributed by atoms with E-state index in [2.05, 4.69) is 10.3 Å². The topological polar surface area (TPSA) is 65.5 Å². The monoisotopic (exact) mass is 265 g/mol. The van der Waals surface area contributed by atoms with E-state index in [1.54, 1.807) is 0 Å². The van der Waals surface area contributed by atoms with Crippen LogP contribution in [0.15, 0.2) is 12.1 Å². The Hall–Kier alpha value is -1.62. The number of carbonyl (C=O) groups excluding carboxylic acids is 1. The molecule has 1 atom stereocenters. The first kappa shape index (κ1) is 15.4. The first-order valence-corrected chi connectivity index (χ1v) is 6.44. The van der Waals surface area contributed by atoms with E-state index in [-0.39, 0.29) is 18.2 Å². The Morgan fingerprint density at radius 1 is 1.42 bits per heavy atom. The average Bonchev–Trinajstić information content (AvgIpc) is 2.30. The van der Waals surface area contributed by atoms with Crippen molar-refractivity contribution in [3.05, 3.63) is 17.8 Å².